The molecular weight excluding hydrogens is 351 g/mol. The van der Waals surface area contributed by atoms with Gasteiger partial charge in [0.2, 0.25) is 0 Å². The number of hydrogen-bond donors (Lipinski definition) is 0. The molecule has 2 rings (SSSR count). The van der Waals surface area contributed by atoms with Gasteiger partial charge in [0, 0.05) is 16.8 Å². The molecule has 7 heteroatoms. The Morgan fingerprint density at radius 1 is 1.19 bits per heavy atom. The van der Waals surface area contributed by atoms with E-state index >= 15 is 0 Å². The van der Waals surface area contributed by atoms with Gasteiger partial charge >= 0.3 is 0 Å². The van der Waals surface area contributed by atoms with Crippen LogP contribution in [0.4, 0.5) is 0 Å². The van der Waals surface area contributed by atoms with Crippen molar-refractivity contribution in [2.75, 3.05) is 11.5 Å². The lowest BCUT2D eigenvalue weighted by atomic mass is 10.3. The normalized spacial score (nSPS) is 25.8. The van der Waals surface area contributed by atoms with Gasteiger partial charge in [-0.25, -0.2) is 9.97 Å². The Morgan fingerprint density at radius 2 is 1.75 bits per heavy atom. The zero-order chi connectivity index (χ0) is 11.7. The zero-order valence-electron chi connectivity index (χ0n) is 8.41. The smallest absolute Gasteiger partial charge is 0.148 e. The minimum atomic E-state index is 0.279. The second kappa shape index (κ2) is 5.65. The minimum Gasteiger partial charge on any atom is -0.219 e. The van der Waals surface area contributed by atoms with Crippen LogP contribution in [0.1, 0.15) is 18.0 Å². The maximum absolute atomic E-state index is 5.99. The lowest BCUT2D eigenvalue weighted by Gasteiger charge is -2.26. The van der Waals surface area contributed by atoms with Crippen molar-refractivity contribution in [1.82, 2.24) is 9.97 Å². The zero-order valence-corrected chi connectivity index (χ0v) is 13.1. The van der Waals surface area contributed by atoms with E-state index < -0.39 is 0 Å². The number of nitrogens with zero attached hydrogens (tertiary/aromatic N) is 2. The Hall–Kier alpha value is 0.840. The van der Waals surface area contributed by atoms with Crippen LogP contribution in [0.15, 0.2) is 4.47 Å². The van der Waals surface area contributed by atoms with E-state index in [9.17, 15) is 0 Å². The summed E-state index contributed by atoms with van der Waals surface area (Å²) in [6, 6.07) is 0. The summed E-state index contributed by atoms with van der Waals surface area (Å²) in [4.78, 5) is 8.59. The van der Waals surface area contributed by atoms with E-state index in [2.05, 4.69) is 32.8 Å². The summed E-state index contributed by atoms with van der Waals surface area (Å²) in [6.07, 6.45) is 0. The van der Waals surface area contributed by atoms with Crippen LogP contribution in [0.5, 0.6) is 0 Å². The van der Waals surface area contributed by atoms with Crippen molar-refractivity contribution >= 4 is 62.7 Å². The molecule has 0 radical (unpaired) electrons. The largest absolute Gasteiger partial charge is 0.219 e. The van der Waals surface area contributed by atoms with Crippen molar-refractivity contribution in [1.29, 1.82) is 0 Å². The quantitative estimate of drug-likeness (QED) is 0.691. The summed E-state index contributed by atoms with van der Waals surface area (Å²) >= 11 is 19.0. The Balaban J connectivity index is 2.32. The number of halogens is 3. The van der Waals surface area contributed by atoms with E-state index in [0.717, 1.165) is 11.6 Å². The third kappa shape index (κ3) is 2.80. The van der Waals surface area contributed by atoms with Crippen molar-refractivity contribution in [2.24, 2.45) is 0 Å². The highest BCUT2D eigenvalue weighted by Gasteiger charge is 2.27. The molecular formula is C9H9BrCl2N2S2. The van der Waals surface area contributed by atoms with Gasteiger partial charge in [0.1, 0.15) is 16.1 Å². The van der Waals surface area contributed by atoms with Crippen LogP contribution < -0.4 is 0 Å². The molecule has 0 amide bonds. The van der Waals surface area contributed by atoms with E-state index in [1.165, 1.54) is 5.75 Å². The van der Waals surface area contributed by atoms with E-state index in [0.29, 0.717) is 20.0 Å². The second-order valence-electron chi connectivity index (χ2n) is 3.34. The van der Waals surface area contributed by atoms with Crippen LogP contribution in [0.25, 0.3) is 0 Å². The van der Waals surface area contributed by atoms with Crippen LogP contribution in [0.2, 0.25) is 10.3 Å². The number of rotatable bonds is 1. The second-order valence-corrected chi connectivity index (χ2v) is 7.59. The first-order chi connectivity index (χ1) is 7.59. The fourth-order valence-corrected chi connectivity index (χ4v) is 4.72. The van der Waals surface area contributed by atoms with Crippen LogP contribution in [-0.2, 0) is 0 Å². The van der Waals surface area contributed by atoms with Crippen molar-refractivity contribution in [2.45, 2.75) is 17.4 Å². The lowest BCUT2D eigenvalue weighted by Crippen LogP contribution is -2.18. The Morgan fingerprint density at radius 3 is 2.31 bits per heavy atom. The van der Waals surface area contributed by atoms with Crippen LogP contribution in [0, 0.1) is 0 Å². The first-order valence-electron chi connectivity index (χ1n) is 4.71. The van der Waals surface area contributed by atoms with Crippen molar-refractivity contribution < 1.29 is 0 Å². The maximum Gasteiger partial charge on any atom is 0.148 e. The molecule has 88 valence electrons. The summed E-state index contributed by atoms with van der Waals surface area (Å²) in [7, 11) is 0. The SMILES string of the molecule is CC1SCCSC1c1nc(Cl)c(Br)c(Cl)n1. The van der Waals surface area contributed by atoms with Gasteiger partial charge in [-0.3, -0.25) is 0 Å². The van der Waals surface area contributed by atoms with E-state index in [-0.39, 0.29) is 5.25 Å². The topological polar surface area (TPSA) is 25.8 Å². The van der Waals surface area contributed by atoms with Crippen LogP contribution in [-0.4, -0.2) is 26.7 Å². The molecule has 1 saturated heterocycles. The first-order valence-corrected chi connectivity index (χ1v) is 8.36. The van der Waals surface area contributed by atoms with Gasteiger partial charge in [0.25, 0.3) is 0 Å². The summed E-state index contributed by atoms with van der Waals surface area (Å²) in [5.74, 6) is 3.04. The summed E-state index contributed by atoms with van der Waals surface area (Å²) in [5.41, 5.74) is 0. The Kier molecular flexibility index (Phi) is 4.69. The number of aromatic nitrogens is 2. The molecule has 0 bridgehead atoms. The third-order valence-electron chi connectivity index (χ3n) is 2.23. The maximum atomic E-state index is 5.99. The van der Waals surface area contributed by atoms with Crippen molar-refractivity contribution in [3.8, 4) is 0 Å². The monoisotopic (exact) mass is 358 g/mol. The highest BCUT2D eigenvalue weighted by Crippen LogP contribution is 2.42. The van der Waals surface area contributed by atoms with E-state index in [1.54, 1.807) is 0 Å². The molecule has 16 heavy (non-hydrogen) atoms. The number of hydrogen-bond acceptors (Lipinski definition) is 4. The molecule has 1 aromatic rings. The third-order valence-corrected chi connectivity index (χ3v) is 7.07. The van der Waals surface area contributed by atoms with Gasteiger partial charge in [-0.15, -0.1) is 11.8 Å². The van der Waals surface area contributed by atoms with Gasteiger partial charge in [-0.1, -0.05) is 30.1 Å². The molecule has 1 aliphatic rings. The van der Waals surface area contributed by atoms with Gasteiger partial charge in [-0.05, 0) is 15.9 Å². The summed E-state index contributed by atoms with van der Waals surface area (Å²) in [6.45, 7) is 2.19. The van der Waals surface area contributed by atoms with E-state index in [1.807, 2.05) is 23.5 Å². The van der Waals surface area contributed by atoms with Gasteiger partial charge in [-0.2, -0.15) is 11.8 Å². The molecule has 0 spiro atoms. The highest BCUT2D eigenvalue weighted by molar-refractivity contribution is 9.10. The molecule has 0 saturated carbocycles. The number of thioether (sulfide) groups is 2. The highest BCUT2D eigenvalue weighted by atomic mass is 79.9. The average Bonchev–Trinajstić information content (AvgIpc) is 2.26. The molecule has 0 N–H and O–H groups in total. The predicted octanol–water partition coefficient (Wildman–Crippen LogP) is 4.46. The fourth-order valence-electron chi connectivity index (χ4n) is 1.45. The Labute approximate surface area is 121 Å². The minimum absolute atomic E-state index is 0.279. The molecule has 2 unspecified atom stereocenters. The van der Waals surface area contributed by atoms with Gasteiger partial charge < -0.3 is 0 Å². The molecule has 1 aromatic heterocycles. The van der Waals surface area contributed by atoms with Crippen molar-refractivity contribution in [3.05, 3.63) is 20.6 Å². The molecule has 0 aromatic carbocycles. The van der Waals surface area contributed by atoms with Crippen LogP contribution >= 0.6 is 62.7 Å². The molecule has 1 aliphatic heterocycles. The summed E-state index contributed by atoms with van der Waals surface area (Å²) in [5, 5.41) is 1.55. The van der Waals surface area contributed by atoms with E-state index in [4.69, 9.17) is 23.2 Å². The molecule has 1 fully saturated rings. The lowest BCUT2D eigenvalue weighted by molar-refractivity contribution is 0.821. The first kappa shape index (κ1) is 13.3. The summed E-state index contributed by atoms with van der Waals surface area (Å²) < 4.78 is 0.570. The standard InChI is InChI=1S/C9H9BrCl2N2S2/c1-4-6(16-3-2-15-4)9-13-7(11)5(10)8(12)14-9/h4,6H,2-3H2,1H3. The average molecular weight is 360 g/mol. The van der Waals surface area contributed by atoms with Gasteiger partial charge in [0.05, 0.1) is 9.72 Å². The fraction of sp³-hybridized carbons (Fsp3) is 0.556. The van der Waals surface area contributed by atoms with Crippen LogP contribution in [0.3, 0.4) is 0 Å². The van der Waals surface area contributed by atoms with Gasteiger partial charge in [0.15, 0.2) is 0 Å². The molecule has 2 heterocycles. The molecule has 0 aliphatic carbocycles. The van der Waals surface area contributed by atoms with Crippen molar-refractivity contribution in [3.63, 3.8) is 0 Å². The predicted molar refractivity (Wildman–Crippen MR) is 76.9 cm³/mol. The molecule has 2 atom stereocenters. The molecule has 2 nitrogen and oxygen atoms in total. The Bertz CT molecular complexity index is 382.